The second kappa shape index (κ2) is 7.29. The number of aliphatic hydroxyl groups is 1. The number of aliphatic hydroxyl groups excluding tert-OH is 1. The van der Waals surface area contributed by atoms with Crippen LogP contribution in [0.1, 0.15) is 67.2 Å². The van der Waals surface area contributed by atoms with E-state index in [0.29, 0.717) is 0 Å². The molecular formula is C24H33N3O2Si. The van der Waals surface area contributed by atoms with Crippen LogP contribution in [0.5, 0.6) is 0 Å². The first kappa shape index (κ1) is 21.2. The predicted molar refractivity (Wildman–Crippen MR) is 123 cm³/mol. The van der Waals surface area contributed by atoms with Crippen molar-refractivity contribution in [2.24, 2.45) is 7.05 Å². The van der Waals surface area contributed by atoms with Crippen molar-refractivity contribution in [3.63, 3.8) is 0 Å². The molecule has 5 nitrogen and oxygen atoms in total. The van der Waals surface area contributed by atoms with Gasteiger partial charge in [0.1, 0.15) is 11.6 Å². The quantitative estimate of drug-likeness (QED) is 0.573. The van der Waals surface area contributed by atoms with Gasteiger partial charge in [-0.15, -0.1) is 5.10 Å². The summed E-state index contributed by atoms with van der Waals surface area (Å²) in [4.78, 5) is 0. The molecule has 2 atom stereocenters. The largest absolute Gasteiger partial charge is 0.410 e. The van der Waals surface area contributed by atoms with Crippen molar-refractivity contribution in [3.05, 3.63) is 58.1 Å². The summed E-state index contributed by atoms with van der Waals surface area (Å²) in [5.41, 5.74) is 7.16. The number of aryl methyl sites for hydroxylation is 3. The van der Waals surface area contributed by atoms with Gasteiger partial charge in [0.15, 0.2) is 8.32 Å². The molecule has 0 radical (unpaired) electrons. The lowest BCUT2D eigenvalue weighted by Gasteiger charge is -2.38. The highest BCUT2D eigenvalue weighted by atomic mass is 28.4. The van der Waals surface area contributed by atoms with Crippen LogP contribution in [0.2, 0.25) is 18.1 Å². The molecular weight excluding hydrogens is 390 g/mol. The molecule has 160 valence electrons. The van der Waals surface area contributed by atoms with Gasteiger partial charge in [-0.25, -0.2) is 4.68 Å². The van der Waals surface area contributed by atoms with E-state index in [4.69, 9.17) is 4.43 Å². The van der Waals surface area contributed by atoms with E-state index in [1.807, 2.05) is 26.1 Å². The molecule has 4 rings (SSSR count). The monoisotopic (exact) mass is 423 g/mol. The molecule has 1 heterocycles. The molecule has 6 heteroatoms. The normalized spacial score (nSPS) is 18.1. The van der Waals surface area contributed by atoms with Gasteiger partial charge in [0, 0.05) is 7.05 Å². The first-order chi connectivity index (χ1) is 14.0. The van der Waals surface area contributed by atoms with Gasteiger partial charge in [-0.05, 0) is 71.8 Å². The maximum Gasteiger partial charge on any atom is 0.192 e. The number of hydrogen-bond donors (Lipinski definition) is 1. The van der Waals surface area contributed by atoms with Crippen molar-refractivity contribution in [2.75, 3.05) is 0 Å². The third kappa shape index (κ3) is 3.51. The van der Waals surface area contributed by atoms with Crippen molar-refractivity contribution in [2.45, 2.75) is 70.9 Å². The van der Waals surface area contributed by atoms with Gasteiger partial charge in [-0.2, -0.15) is 0 Å². The van der Waals surface area contributed by atoms with Gasteiger partial charge in [0.05, 0.1) is 11.6 Å². The fraction of sp³-hybridized carbons (Fsp3) is 0.500. The predicted octanol–water partition coefficient (Wildman–Crippen LogP) is 5.37. The van der Waals surface area contributed by atoms with Crippen LogP contribution in [0, 0.1) is 6.92 Å². The van der Waals surface area contributed by atoms with Gasteiger partial charge in [-0.3, -0.25) is 0 Å². The van der Waals surface area contributed by atoms with E-state index in [1.165, 1.54) is 11.1 Å². The molecule has 2 aromatic carbocycles. The molecule has 30 heavy (non-hydrogen) atoms. The van der Waals surface area contributed by atoms with Crippen molar-refractivity contribution in [1.29, 1.82) is 0 Å². The zero-order valence-electron chi connectivity index (χ0n) is 19.2. The Kier molecular flexibility index (Phi) is 5.15. The SMILES string of the molecule is Cc1c(C(O)c2ccc3c(c2)C(O[Si](C)(C)C(C)(C)C)CC3)ccc2c1nnn2C. The summed E-state index contributed by atoms with van der Waals surface area (Å²) < 4.78 is 8.51. The van der Waals surface area contributed by atoms with Gasteiger partial charge >= 0.3 is 0 Å². The van der Waals surface area contributed by atoms with Gasteiger partial charge in [-0.1, -0.05) is 50.3 Å². The first-order valence-corrected chi connectivity index (χ1v) is 13.7. The summed E-state index contributed by atoms with van der Waals surface area (Å²) in [6.07, 6.45) is 1.48. The highest BCUT2D eigenvalue weighted by molar-refractivity contribution is 6.74. The van der Waals surface area contributed by atoms with Gasteiger partial charge in [0.2, 0.25) is 0 Å². The number of benzene rings is 2. The third-order valence-electron chi connectivity index (χ3n) is 7.13. The molecule has 1 aliphatic rings. The summed E-state index contributed by atoms with van der Waals surface area (Å²) in [5, 5.41) is 19.8. The molecule has 3 aromatic rings. The van der Waals surface area contributed by atoms with E-state index in [1.54, 1.807) is 4.68 Å². The average Bonchev–Trinajstić information content (AvgIpc) is 3.24. The number of nitrogens with zero attached hydrogens (tertiary/aromatic N) is 3. The van der Waals surface area contributed by atoms with Crippen LogP contribution in [-0.2, 0) is 17.9 Å². The number of rotatable bonds is 4. The molecule has 0 fully saturated rings. The van der Waals surface area contributed by atoms with Crippen LogP contribution >= 0.6 is 0 Å². The Bertz CT molecular complexity index is 1100. The van der Waals surface area contributed by atoms with Crippen LogP contribution in [0.15, 0.2) is 30.3 Å². The summed E-state index contributed by atoms with van der Waals surface area (Å²) in [6, 6.07) is 10.4. The van der Waals surface area contributed by atoms with E-state index >= 15 is 0 Å². The lowest BCUT2D eigenvalue weighted by molar-refractivity contribution is 0.184. The molecule has 0 bridgehead atoms. The summed E-state index contributed by atoms with van der Waals surface area (Å²) in [5.74, 6) is 0. The minimum Gasteiger partial charge on any atom is -0.410 e. The zero-order valence-corrected chi connectivity index (χ0v) is 20.2. The van der Waals surface area contributed by atoms with Crippen molar-refractivity contribution < 1.29 is 9.53 Å². The first-order valence-electron chi connectivity index (χ1n) is 10.8. The van der Waals surface area contributed by atoms with Gasteiger partial charge in [0.25, 0.3) is 0 Å². The van der Waals surface area contributed by atoms with Gasteiger partial charge < -0.3 is 9.53 Å². The molecule has 0 aliphatic heterocycles. The Morgan fingerprint density at radius 1 is 1.20 bits per heavy atom. The standard InChI is InChI=1S/C24H33N3O2Si/c1-15-18(11-12-20-22(15)25-26-27(20)5)23(28)17-9-8-16-10-13-21(19(16)14-17)29-30(6,7)24(2,3)4/h8-9,11-12,14,21,23,28H,10,13H2,1-7H3. The maximum absolute atomic E-state index is 11.2. The second-order valence-electron chi connectivity index (χ2n) is 10.1. The fourth-order valence-corrected chi connectivity index (χ4v) is 5.44. The Labute approximate surface area is 180 Å². The molecule has 0 spiro atoms. The number of aromatic nitrogens is 3. The van der Waals surface area contributed by atoms with Crippen LogP contribution < -0.4 is 0 Å². The van der Waals surface area contributed by atoms with Crippen molar-refractivity contribution in [3.8, 4) is 0 Å². The molecule has 1 aliphatic carbocycles. The Hall–Kier alpha value is -2.02. The molecule has 1 aromatic heterocycles. The second-order valence-corrected chi connectivity index (χ2v) is 14.9. The van der Waals surface area contributed by atoms with E-state index in [-0.39, 0.29) is 11.1 Å². The van der Waals surface area contributed by atoms with E-state index in [2.05, 4.69) is 62.4 Å². The van der Waals surface area contributed by atoms with Crippen LogP contribution in [0.25, 0.3) is 11.0 Å². The smallest absolute Gasteiger partial charge is 0.192 e. The third-order valence-corrected chi connectivity index (χ3v) is 11.6. The zero-order chi connectivity index (χ0) is 21.8. The van der Waals surface area contributed by atoms with Crippen LogP contribution in [0.3, 0.4) is 0 Å². The molecule has 2 unspecified atom stereocenters. The maximum atomic E-state index is 11.2. The van der Waals surface area contributed by atoms with E-state index in [0.717, 1.165) is 40.6 Å². The van der Waals surface area contributed by atoms with Crippen LogP contribution in [-0.4, -0.2) is 28.4 Å². The summed E-state index contributed by atoms with van der Waals surface area (Å²) in [6.45, 7) is 13.5. The average molecular weight is 424 g/mol. The summed E-state index contributed by atoms with van der Waals surface area (Å²) in [7, 11) is 0.0187. The Balaban J connectivity index is 1.67. The Morgan fingerprint density at radius 3 is 2.63 bits per heavy atom. The highest BCUT2D eigenvalue weighted by Crippen LogP contribution is 2.44. The lowest BCUT2D eigenvalue weighted by Crippen LogP contribution is -2.41. The Morgan fingerprint density at radius 2 is 1.93 bits per heavy atom. The van der Waals surface area contributed by atoms with Crippen LogP contribution in [0.4, 0.5) is 0 Å². The molecule has 0 amide bonds. The van der Waals surface area contributed by atoms with E-state index < -0.39 is 14.4 Å². The summed E-state index contributed by atoms with van der Waals surface area (Å²) >= 11 is 0. The minimum absolute atomic E-state index is 0.122. The molecule has 0 saturated heterocycles. The fourth-order valence-electron chi connectivity index (χ4n) is 4.13. The minimum atomic E-state index is -1.86. The van der Waals surface area contributed by atoms with Crippen molar-refractivity contribution in [1.82, 2.24) is 15.0 Å². The van der Waals surface area contributed by atoms with Crippen molar-refractivity contribution >= 4 is 19.4 Å². The number of fused-ring (bicyclic) bond motifs is 2. The topological polar surface area (TPSA) is 60.2 Å². The highest BCUT2D eigenvalue weighted by Gasteiger charge is 2.40. The molecule has 1 N–H and O–H groups in total. The van der Waals surface area contributed by atoms with E-state index in [9.17, 15) is 5.11 Å². The lowest BCUT2D eigenvalue weighted by atomic mass is 9.94. The number of hydrogen-bond acceptors (Lipinski definition) is 4. The molecule has 0 saturated carbocycles.